The van der Waals surface area contributed by atoms with Crippen molar-refractivity contribution >= 4 is 40.3 Å². The molecule has 0 aliphatic carbocycles. The Labute approximate surface area is 112 Å². The van der Waals surface area contributed by atoms with Crippen LogP contribution in [0.15, 0.2) is 30.9 Å². The number of amides is 1. The van der Waals surface area contributed by atoms with Crippen molar-refractivity contribution in [3.8, 4) is 0 Å². The zero-order valence-corrected chi connectivity index (χ0v) is 10.9. The Hall–Kier alpha value is -1.57. The van der Waals surface area contributed by atoms with Crippen LogP contribution in [0, 0.1) is 3.57 Å². The first-order valence-electron chi connectivity index (χ1n) is 4.62. The number of benzene rings is 1. The van der Waals surface area contributed by atoms with E-state index in [-0.39, 0.29) is 12.2 Å². The molecule has 0 spiro atoms. The predicted octanol–water partition coefficient (Wildman–Crippen LogP) is 2.72. The molecular formula is C11H10INO4. The molecule has 0 unspecified atom stereocenters. The number of halogens is 1. The molecule has 0 atom stereocenters. The third kappa shape index (κ3) is 4.06. The van der Waals surface area contributed by atoms with Crippen LogP contribution in [-0.2, 0) is 4.74 Å². The van der Waals surface area contributed by atoms with E-state index in [9.17, 15) is 9.59 Å². The number of anilines is 1. The normalized spacial score (nSPS) is 9.47. The molecule has 0 aliphatic rings. The lowest BCUT2D eigenvalue weighted by atomic mass is 10.2. The number of carbonyl (C=O) groups excluding carboxylic acids is 1. The van der Waals surface area contributed by atoms with E-state index < -0.39 is 12.1 Å². The minimum absolute atomic E-state index is 0.121. The summed E-state index contributed by atoms with van der Waals surface area (Å²) in [7, 11) is 0. The third-order valence-corrected chi connectivity index (χ3v) is 2.67. The van der Waals surface area contributed by atoms with E-state index in [1.807, 2.05) is 22.6 Å². The maximum absolute atomic E-state index is 11.2. The van der Waals surface area contributed by atoms with Crippen LogP contribution in [0.1, 0.15) is 10.4 Å². The van der Waals surface area contributed by atoms with Gasteiger partial charge in [0.1, 0.15) is 6.61 Å². The first kappa shape index (κ1) is 13.5. The maximum Gasteiger partial charge on any atom is 0.411 e. The lowest BCUT2D eigenvalue weighted by Crippen LogP contribution is -2.14. The van der Waals surface area contributed by atoms with E-state index in [1.165, 1.54) is 18.2 Å². The van der Waals surface area contributed by atoms with Crippen LogP contribution in [0.2, 0.25) is 0 Å². The number of carboxylic acids is 1. The number of ether oxygens (including phenoxy) is 1. The zero-order valence-electron chi connectivity index (χ0n) is 8.77. The molecule has 1 amide bonds. The highest BCUT2D eigenvalue weighted by Crippen LogP contribution is 2.18. The van der Waals surface area contributed by atoms with Gasteiger partial charge in [-0.1, -0.05) is 12.7 Å². The van der Waals surface area contributed by atoms with Crippen molar-refractivity contribution in [1.29, 1.82) is 0 Å². The predicted molar refractivity (Wildman–Crippen MR) is 71.3 cm³/mol. The van der Waals surface area contributed by atoms with E-state index >= 15 is 0 Å². The SMILES string of the molecule is C=CCOC(=O)Nc1ccc(C(=O)O)c(I)c1. The van der Waals surface area contributed by atoms with E-state index in [1.54, 1.807) is 6.07 Å². The molecular weight excluding hydrogens is 337 g/mol. The number of aromatic carboxylic acids is 1. The fourth-order valence-corrected chi connectivity index (χ4v) is 1.80. The Morgan fingerprint density at radius 1 is 1.53 bits per heavy atom. The molecule has 6 heteroatoms. The Bertz CT molecular complexity index is 459. The fraction of sp³-hybridized carbons (Fsp3) is 0.0909. The second-order valence-electron chi connectivity index (χ2n) is 3.01. The van der Waals surface area contributed by atoms with Crippen LogP contribution in [0.3, 0.4) is 0 Å². The van der Waals surface area contributed by atoms with Gasteiger partial charge < -0.3 is 9.84 Å². The van der Waals surface area contributed by atoms with Crippen LogP contribution in [0.4, 0.5) is 10.5 Å². The minimum atomic E-state index is -1.00. The van der Waals surface area contributed by atoms with Gasteiger partial charge in [-0.3, -0.25) is 5.32 Å². The first-order valence-corrected chi connectivity index (χ1v) is 5.70. The molecule has 17 heavy (non-hydrogen) atoms. The smallest absolute Gasteiger partial charge is 0.411 e. The molecule has 0 saturated heterocycles. The molecule has 5 nitrogen and oxygen atoms in total. The van der Waals surface area contributed by atoms with Gasteiger partial charge in [0.05, 0.1) is 5.56 Å². The Morgan fingerprint density at radius 2 is 2.24 bits per heavy atom. The van der Waals surface area contributed by atoms with E-state index in [4.69, 9.17) is 9.84 Å². The standard InChI is InChI=1S/C11H10INO4/c1-2-5-17-11(16)13-7-3-4-8(10(14)15)9(12)6-7/h2-4,6H,1,5H2,(H,13,16)(H,14,15). The van der Waals surface area contributed by atoms with Crippen LogP contribution in [0.25, 0.3) is 0 Å². The van der Waals surface area contributed by atoms with Gasteiger partial charge in [0.15, 0.2) is 0 Å². The van der Waals surface area contributed by atoms with Gasteiger partial charge in [0, 0.05) is 9.26 Å². The highest BCUT2D eigenvalue weighted by atomic mass is 127. The maximum atomic E-state index is 11.2. The van der Waals surface area contributed by atoms with Crippen molar-refractivity contribution in [2.45, 2.75) is 0 Å². The summed E-state index contributed by atoms with van der Waals surface area (Å²) in [4.78, 5) is 22.0. The van der Waals surface area contributed by atoms with Crippen LogP contribution in [-0.4, -0.2) is 23.8 Å². The van der Waals surface area contributed by atoms with Crippen LogP contribution >= 0.6 is 22.6 Å². The summed E-state index contributed by atoms with van der Waals surface area (Å²) in [5, 5.41) is 11.3. The number of carbonyl (C=O) groups is 2. The molecule has 1 rings (SSSR count). The minimum Gasteiger partial charge on any atom is -0.478 e. The van der Waals surface area contributed by atoms with Crippen molar-refractivity contribution in [1.82, 2.24) is 0 Å². The Kier molecular flexibility index (Phi) is 4.95. The van der Waals surface area contributed by atoms with Gasteiger partial charge in [-0.2, -0.15) is 0 Å². The first-order chi connectivity index (χ1) is 8.04. The molecule has 1 aromatic carbocycles. The van der Waals surface area contributed by atoms with Crippen molar-refractivity contribution in [3.05, 3.63) is 40.0 Å². The summed E-state index contributed by atoms with van der Waals surface area (Å²) < 4.78 is 5.26. The molecule has 1 aromatic rings. The Morgan fingerprint density at radius 3 is 2.76 bits per heavy atom. The molecule has 90 valence electrons. The molecule has 0 saturated carbocycles. The van der Waals surface area contributed by atoms with Crippen LogP contribution in [0.5, 0.6) is 0 Å². The number of hydrogen-bond acceptors (Lipinski definition) is 3. The van der Waals surface area contributed by atoms with Gasteiger partial charge in [-0.25, -0.2) is 9.59 Å². The summed E-state index contributed by atoms with van der Waals surface area (Å²) in [6, 6.07) is 4.48. The summed E-state index contributed by atoms with van der Waals surface area (Å²) in [5.41, 5.74) is 0.670. The summed E-state index contributed by atoms with van der Waals surface area (Å²) >= 11 is 1.89. The highest BCUT2D eigenvalue weighted by Gasteiger charge is 2.09. The highest BCUT2D eigenvalue weighted by molar-refractivity contribution is 14.1. The summed E-state index contributed by atoms with van der Waals surface area (Å²) in [6.07, 6.45) is 0.848. The quantitative estimate of drug-likeness (QED) is 0.649. The van der Waals surface area contributed by atoms with Gasteiger partial charge in [-0.05, 0) is 40.8 Å². The van der Waals surface area contributed by atoms with E-state index in [0.29, 0.717) is 9.26 Å². The average Bonchev–Trinajstić information content (AvgIpc) is 2.26. The van der Waals surface area contributed by atoms with Gasteiger partial charge >= 0.3 is 12.1 Å². The lowest BCUT2D eigenvalue weighted by Gasteiger charge is -2.06. The van der Waals surface area contributed by atoms with E-state index in [0.717, 1.165) is 0 Å². The molecule has 2 N–H and O–H groups in total. The van der Waals surface area contributed by atoms with Crippen molar-refractivity contribution < 1.29 is 19.4 Å². The van der Waals surface area contributed by atoms with Gasteiger partial charge in [0.25, 0.3) is 0 Å². The van der Waals surface area contributed by atoms with E-state index in [2.05, 4.69) is 11.9 Å². The van der Waals surface area contributed by atoms with Crippen LogP contribution < -0.4 is 5.32 Å². The molecule has 0 aromatic heterocycles. The monoisotopic (exact) mass is 347 g/mol. The molecule has 0 aliphatic heterocycles. The second kappa shape index (κ2) is 6.24. The molecule has 0 radical (unpaired) electrons. The fourth-order valence-electron chi connectivity index (χ4n) is 1.05. The van der Waals surface area contributed by atoms with Crippen molar-refractivity contribution in [2.24, 2.45) is 0 Å². The zero-order chi connectivity index (χ0) is 12.8. The summed E-state index contributed by atoms with van der Waals surface area (Å²) in [5.74, 6) is -1.00. The molecule has 0 fully saturated rings. The lowest BCUT2D eigenvalue weighted by molar-refractivity contribution is 0.0695. The number of nitrogens with one attached hydrogen (secondary N) is 1. The topological polar surface area (TPSA) is 75.6 Å². The third-order valence-electron chi connectivity index (χ3n) is 1.78. The van der Waals surface area contributed by atoms with Crippen molar-refractivity contribution in [3.63, 3.8) is 0 Å². The van der Waals surface area contributed by atoms with Gasteiger partial charge in [-0.15, -0.1) is 0 Å². The largest absolute Gasteiger partial charge is 0.478 e. The molecule has 0 bridgehead atoms. The molecule has 0 heterocycles. The number of hydrogen-bond donors (Lipinski definition) is 2. The van der Waals surface area contributed by atoms with Gasteiger partial charge in [0.2, 0.25) is 0 Å². The average molecular weight is 347 g/mol. The van der Waals surface area contributed by atoms with Crippen molar-refractivity contribution in [2.75, 3.05) is 11.9 Å². The Balaban J connectivity index is 2.74. The second-order valence-corrected chi connectivity index (χ2v) is 4.17. The number of rotatable bonds is 4. The number of carboxylic acid groups (broad SMARTS) is 1. The summed E-state index contributed by atoms with van der Waals surface area (Å²) in [6.45, 7) is 3.53.